The number of pyridine rings is 1. The van der Waals surface area contributed by atoms with Crippen molar-refractivity contribution in [3.05, 3.63) is 182 Å². The molecular formula is C47H30N2O. The van der Waals surface area contributed by atoms with E-state index >= 15 is 0 Å². The predicted molar refractivity (Wildman–Crippen MR) is 210 cm³/mol. The lowest BCUT2D eigenvalue weighted by Gasteiger charge is -2.29. The molecule has 234 valence electrons. The van der Waals surface area contributed by atoms with Gasteiger partial charge in [-0.1, -0.05) is 115 Å². The highest BCUT2D eigenvalue weighted by atomic mass is 16.3. The molecule has 0 atom stereocenters. The zero-order valence-electron chi connectivity index (χ0n) is 27.1. The van der Waals surface area contributed by atoms with Gasteiger partial charge in [-0.05, 0) is 104 Å². The van der Waals surface area contributed by atoms with Crippen molar-refractivity contribution in [2.24, 2.45) is 0 Å². The van der Waals surface area contributed by atoms with E-state index in [9.17, 15) is 0 Å². The molecule has 0 radical (unpaired) electrons. The molecule has 0 saturated heterocycles. The van der Waals surface area contributed by atoms with Gasteiger partial charge < -0.3 is 9.32 Å². The molecule has 3 nitrogen and oxygen atoms in total. The number of aromatic nitrogens is 1. The normalized spacial score (nSPS) is 11.6. The van der Waals surface area contributed by atoms with Gasteiger partial charge >= 0.3 is 0 Å². The molecule has 3 heteroatoms. The van der Waals surface area contributed by atoms with Crippen molar-refractivity contribution >= 4 is 71.4 Å². The topological polar surface area (TPSA) is 29.3 Å². The van der Waals surface area contributed by atoms with Crippen molar-refractivity contribution in [3.8, 4) is 22.3 Å². The van der Waals surface area contributed by atoms with Crippen LogP contribution in [0.2, 0.25) is 0 Å². The molecule has 8 aromatic carbocycles. The second-order valence-electron chi connectivity index (χ2n) is 12.8. The molecule has 0 aliphatic carbocycles. The van der Waals surface area contributed by atoms with Gasteiger partial charge in [-0.2, -0.15) is 0 Å². The van der Waals surface area contributed by atoms with Gasteiger partial charge in [-0.15, -0.1) is 0 Å². The minimum absolute atomic E-state index is 0.655. The number of hydrogen-bond acceptors (Lipinski definition) is 3. The van der Waals surface area contributed by atoms with Crippen LogP contribution < -0.4 is 4.90 Å². The molecule has 0 amide bonds. The fourth-order valence-electron chi connectivity index (χ4n) is 7.41. The number of nitrogens with zero attached hydrogens (tertiary/aromatic N) is 2. The molecule has 0 unspecified atom stereocenters. The van der Waals surface area contributed by atoms with Crippen molar-refractivity contribution in [2.75, 3.05) is 4.90 Å². The minimum Gasteiger partial charge on any atom is -0.438 e. The van der Waals surface area contributed by atoms with Crippen LogP contribution >= 0.6 is 0 Å². The molecule has 0 fully saturated rings. The Morgan fingerprint density at radius 2 is 1.04 bits per heavy atom. The Morgan fingerprint density at radius 1 is 0.400 bits per heavy atom. The van der Waals surface area contributed by atoms with Crippen molar-refractivity contribution in [3.63, 3.8) is 0 Å². The zero-order chi connectivity index (χ0) is 33.0. The summed E-state index contributed by atoms with van der Waals surface area (Å²) in [6, 6.07) is 63.2. The number of hydrogen-bond donors (Lipinski definition) is 0. The Labute approximate surface area is 289 Å². The van der Waals surface area contributed by atoms with E-state index in [0.717, 1.165) is 49.8 Å². The van der Waals surface area contributed by atoms with Gasteiger partial charge in [0.1, 0.15) is 5.58 Å². The Balaban J connectivity index is 1.18. The van der Waals surface area contributed by atoms with Crippen molar-refractivity contribution in [1.82, 2.24) is 4.98 Å². The second kappa shape index (κ2) is 11.5. The molecule has 10 aromatic rings. The summed E-state index contributed by atoms with van der Waals surface area (Å²) >= 11 is 0. The van der Waals surface area contributed by atoms with Crippen molar-refractivity contribution in [1.29, 1.82) is 0 Å². The highest BCUT2D eigenvalue weighted by Crippen LogP contribution is 2.45. The first-order valence-electron chi connectivity index (χ1n) is 16.9. The van der Waals surface area contributed by atoms with E-state index in [0.29, 0.717) is 5.71 Å². The Bertz CT molecular complexity index is 2890. The van der Waals surface area contributed by atoms with E-state index in [4.69, 9.17) is 4.42 Å². The van der Waals surface area contributed by atoms with Gasteiger partial charge in [-0.25, -0.2) is 4.98 Å². The van der Waals surface area contributed by atoms with Crippen LogP contribution in [0.15, 0.2) is 187 Å². The Hall–Kier alpha value is -6.71. The van der Waals surface area contributed by atoms with Crippen LogP contribution in [0.3, 0.4) is 0 Å². The van der Waals surface area contributed by atoms with Crippen LogP contribution in [-0.4, -0.2) is 4.98 Å². The molecular weight excluding hydrogens is 609 g/mol. The Kier molecular flexibility index (Phi) is 6.49. The lowest BCUT2D eigenvalue weighted by atomic mass is 9.97. The first-order valence-corrected chi connectivity index (χ1v) is 16.9. The third-order valence-corrected chi connectivity index (χ3v) is 9.88. The maximum Gasteiger partial charge on any atom is 0.227 e. The molecule has 0 aliphatic heterocycles. The fraction of sp³-hybridized carbons (Fsp3) is 0. The molecule has 10 rings (SSSR count). The van der Waals surface area contributed by atoms with Gasteiger partial charge in [0.05, 0.1) is 11.4 Å². The first kappa shape index (κ1) is 28.3. The van der Waals surface area contributed by atoms with Gasteiger partial charge in [-0.3, -0.25) is 0 Å². The minimum atomic E-state index is 0.655. The third-order valence-electron chi connectivity index (χ3n) is 9.88. The highest BCUT2D eigenvalue weighted by molar-refractivity contribution is 6.12. The summed E-state index contributed by atoms with van der Waals surface area (Å²) in [5.74, 6) is 0. The third kappa shape index (κ3) is 4.71. The van der Waals surface area contributed by atoms with Gasteiger partial charge in [0.2, 0.25) is 5.71 Å². The van der Waals surface area contributed by atoms with Crippen LogP contribution in [0.1, 0.15) is 0 Å². The summed E-state index contributed by atoms with van der Waals surface area (Å²) in [5.41, 5.74) is 9.42. The summed E-state index contributed by atoms with van der Waals surface area (Å²) in [6.07, 6.45) is 1.78. The summed E-state index contributed by atoms with van der Waals surface area (Å²) in [6.45, 7) is 0. The average Bonchev–Trinajstić information content (AvgIpc) is 3.55. The monoisotopic (exact) mass is 638 g/mol. The number of anilines is 3. The van der Waals surface area contributed by atoms with E-state index in [2.05, 4.69) is 180 Å². The van der Waals surface area contributed by atoms with Gasteiger partial charge in [0.25, 0.3) is 0 Å². The molecule has 0 spiro atoms. The molecule has 0 N–H and O–H groups in total. The maximum absolute atomic E-state index is 6.31. The second-order valence-corrected chi connectivity index (χ2v) is 12.8. The summed E-state index contributed by atoms with van der Waals surface area (Å²) in [4.78, 5) is 6.89. The van der Waals surface area contributed by atoms with E-state index in [1.165, 1.54) is 38.2 Å². The quantitative estimate of drug-likeness (QED) is 0.188. The largest absolute Gasteiger partial charge is 0.438 e. The molecule has 0 saturated carbocycles. The lowest BCUT2D eigenvalue weighted by molar-refractivity contribution is 0.654. The van der Waals surface area contributed by atoms with Crippen molar-refractivity contribution < 1.29 is 4.42 Å². The number of para-hydroxylation sites is 1. The summed E-state index contributed by atoms with van der Waals surface area (Å²) in [5, 5.41) is 9.27. The van der Waals surface area contributed by atoms with Crippen LogP contribution in [0, 0.1) is 0 Å². The Morgan fingerprint density at radius 3 is 1.84 bits per heavy atom. The van der Waals surface area contributed by atoms with Crippen LogP contribution in [-0.2, 0) is 0 Å². The molecule has 0 bridgehead atoms. The van der Waals surface area contributed by atoms with E-state index in [1.54, 1.807) is 6.20 Å². The smallest absolute Gasteiger partial charge is 0.227 e. The van der Waals surface area contributed by atoms with Gasteiger partial charge in [0, 0.05) is 33.6 Å². The molecule has 2 aromatic heterocycles. The van der Waals surface area contributed by atoms with Crippen molar-refractivity contribution in [2.45, 2.75) is 0 Å². The molecule has 0 aliphatic rings. The molecule has 50 heavy (non-hydrogen) atoms. The lowest BCUT2D eigenvalue weighted by Crippen LogP contribution is -2.11. The summed E-state index contributed by atoms with van der Waals surface area (Å²) in [7, 11) is 0. The van der Waals surface area contributed by atoms with E-state index < -0.39 is 0 Å². The van der Waals surface area contributed by atoms with Crippen LogP contribution in [0.5, 0.6) is 0 Å². The first-order chi connectivity index (χ1) is 24.8. The standard InChI is InChI=1S/C47H30N2O/c1-3-11-34-27-36(20-18-31(34)9-1)33-22-24-39(25-23-33)49(44-16-6-5-14-40(44)38-21-19-32-10-2-4-12-35(32)28-38)45-17-7-13-37-29-43-41-15-8-26-48-47(41)50-46(43)30-42(37)45/h1-30H. The number of benzene rings is 8. The van der Waals surface area contributed by atoms with E-state index in [-0.39, 0.29) is 0 Å². The van der Waals surface area contributed by atoms with E-state index in [1.807, 2.05) is 6.07 Å². The van der Waals surface area contributed by atoms with Crippen LogP contribution in [0.4, 0.5) is 17.1 Å². The summed E-state index contributed by atoms with van der Waals surface area (Å²) < 4.78 is 6.31. The zero-order valence-corrected chi connectivity index (χ0v) is 27.1. The number of fused-ring (bicyclic) bond motifs is 6. The van der Waals surface area contributed by atoms with Crippen LogP contribution in [0.25, 0.3) is 76.6 Å². The van der Waals surface area contributed by atoms with Gasteiger partial charge in [0.15, 0.2) is 0 Å². The predicted octanol–water partition coefficient (Wildman–Crippen LogP) is 13.2. The molecule has 2 heterocycles. The average molecular weight is 639 g/mol. The number of furan rings is 1. The SMILES string of the molecule is c1ccc(N(c2ccc(-c3ccc4ccccc4c3)cc2)c2cccc3cc4c(cc23)oc2ncccc24)c(-c2ccc3ccccc3c2)c1. The maximum atomic E-state index is 6.31. The highest BCUT2D eigenvalue weighted by Gasteiger charge is 2.21. The number of rotatable bonds is 5. The fourth-order valence-corrected chi connectivity index (χ4v) is 7.41.